The van der Waals surface area contributed by atoms with Crippen LogP contribution in [0.4, 0.5) is 0 Å². The van der Waals surface area contributed by atoms with Gasteiger partial charge in [-0.25, -0.2) is 4.98 Å². The third-order valence-corrected chi connectivity index (χ3v) is 5.28. The van der Waals surface area contributed by atoms with Gasteiger partial charge in [0.1, 0.15) is 16.4 Å². The van der Waals surface area contributed by atoms with Gasteiger partial charge in [-0.1, -0.05) is 36.4 Å². The minimum absolute atomic E-state index is 0.000782. The lowest BCUT2D eigenvalue weighted by Crippen LogP contribution is -2.09. The Balaban J connectivity index is 1.79. The molecule has 0 fully saturated rings. The standard InChI is InChI=1S/C21H16N2O3S/c1-12(24)13-3-5-15(6-4-13)19-22-20(25)18-17(11-27-21(18)23-19)14-7-9-16(26-2)10-8-14/h3-11H,1-2H3,(H,22,23,25). The van der Waals surface area contributed by atoms with Gasteiger partial charge >= 0.3 is 0 Å². The third kappa shape index (κ3) is 3.15. The van der Waals surface area contributed by atoms with Crippen molar-refractivity contribution in [1.82, 2.24) is 9.97 Å². The van der Waals surface area contributed by atoms with Crippen LogP contribution in [-0.2, 0) is 0 Å². The predicted molar refractivity (Wildman–Crippen MR) is 108 cm³/mol. The summed E-state index contributed by atoms with van der Waals surface area (Å²) in [6.45, 7) is 1.52. The molecule has 27 heavy (non-hydrogen) atoms. The lowest BCUT2D eigenvalue weighted by atomic mass is 10.1. The largest absolute Gasteiger partial charge is 0.497 e. The number of thiophene rings is 1. The molecule has 0 amide bonds. The van der Waals surface area contributed by atoms with Gasteiger partial charge in [0.15, 0.2) is 5.78 Å². The fourth-order valence-electron chi connectivity index (χ4n) is 2.93. The van der Waals surface area contributed by atoms with Gasteiger partial charge in [-0.15, -0.1) is 11.3 Å². The molecule has 1 N–H and O–H groups in total. The third-order valence-electron chi connectivity index (χ3n) is 4.41. The zero-order chi connectivity index (χ0) is 19.0. The predicted octanol–water partition coefficient (Wildman–Crippen LogP) is 4.53. The quantitative estimate of drug-likeness (QED) is 0.531. The number of rotatable bonds is 4. The van der Waals surface area contributed by atoms with Crippen LogP contribution in [0.2, 0.25) is 0 Å². The number of hydrogen-bond acceptors (Lipinski definition) is 5. The van der Waals surface area contributed by atoms with Gasteiger partial charge in [-0.05, 0) is 24.6 Å². The molecule has 5 nitrogen and oxygen atoms in total. The molecule has 0 spiro atoms. The molecule has 2 aromatic carbocycles. The van der Waals surface area contributed by atoms with E-state index in [0.29, 0.717) is 21.6 Å². The number of nitrogens with one attached hydrogen (secondary N) is 1. The molecule has 0 aliphatic rings. The van der Waals surface area contributed by atoms with E-state index in [1.54, 1.807) is 31.4 Å². The van der Waals surface area contributed by atoms with Crippen molar-refractivity contribution in [2.24, 2.45) is 0 Å². The van der Waals surface area contributed by atoms with Crippen molar-refractivity contribution in [3.8, 4) is 28.3 Å². The van der Waals surface area contributed by atoms with Gasteiger partial charge in [0, 0.05) is 22.1 Å². The van der Waals surface area contributed by atoms with Crippen LogP contribution in [0, 0.1) is 0 Å². The second-order valence-electron chi connectivity index (χ2n) is 6.11. The highest BCUT2D eigenvalue weighted by atomic mass is 32.1. The maximum Gasteiger partial charge on any atom is 0.260 e. The minimum atomic E-state index is -0.183. The molecular weight excluding hydrogens is 360 g/mol. The summed E-state index contributed by atoms with van der Waals surface area (Å²) in [5.41, 5.74) is 2.99. The number of benzene rings is 2. The number of methoxy groups -OCH3 is 1. The van der Waals surface area contributed by atoms with Crippen LogP contribution in [0.15, 0.2) is 58.7 Å². The number of aromatic nitrogens is 2. The van der Waals surface area contributed by atoms with E-state index in [0.717, 1.165) is 22.4 Å². The highest BCUT2D eigenvalue weighted by Crippen LogP contribution is 2.32. The fraction of sp³-hybridized carbons (Fsp3) is 0.0952. The highest BCUT2D eigenvalue weighted by Gasteiger charge is 2.14. The molecule has 0 bridgehead atoms. The summed E-state index contributed by atoms with van der Waals surface area (Å²) in [6, 6.07) is 14.6. The Bertz CT molecular complexity index is 1190. The van der Waals surface area contributed by atoms with Gasteiger partial charge in [0.2, 0.25) is 0 Å². The maximum absolute atomic E-state index is 12.8. The Kier molecular flexibility index (Phi) is 4.33. The molecule has 0 aliphatic carbocycles. The Labute approximate surface area is 159 Å². The number of carbonyl (C=O) groups excluding carboxylic acids is 1. The fourth-order valence-corrected chi connectivity index (χ4v) is 3.88. The summed E-state index contributed by atoms with van der Waals surface area (Å²) in [6.07, 6.45) is 0. The zero-order valence-corrected chi connectivity index (χ0v) is 15.6. The second kappa shape index (κ2) is 6.81. The van der Waals surface area contributed by atoms with E-state index in [2.05, 4.69) is 9.97 Å². The van der Waals surface area contributed by atoms with Crippen molar-refractivity contribution in [3.63, 3.8) is 0 Å². The Morgan fingerprint density at radius 1 is 1.04 bits per heavy atom. The van der Waals surface area contributed by atoms with Crippen LogP contribution in [0.1, 0.15) is 17.3 Å². The molecule has 0 saturated carbocycles. The highest BCUT2D eigenvalue weighted by molar-refractivity contribution is 7.17. The lowest BCUT2D eigenvalue weighted by Gasteiger charge is -2.04. The normalized spacial score (nSPS) is 10.9. The van der Waals surface area contributed by atoms with E-state index in [1.807, 2.05) is 29.6 Å². The second-order valence-corrected chi connectivity index (χ2v) is 6.96. The average molecular weight is 376 g/mol. The Hall–Kier alpha value is -3.25. The average Bonchev–Trinajstić information content (AvgIpc) is 3.13. The maximum atomic E-state index is 12.8. The van der Waals surface area contributed by atoms with Crippen molar-refractivity contribution >= 4 is 27.3 Å². The van der Waals surface area contributed by atoms with Gasteiger partial charge in [-0.3, -0.25) is 9.59 Å². The molecule has 4 aromatic rings. The lowest BCUT2D eigenvalue weighted by molar-refractivity contribution is 0.101. The first-order chi connectivity index (χ1) is 13.1. The van der Waals surface area contributed by atoms with Crippen LogP contribution in [0.3, 0.4) is 0 Å². The van der Waals surface area contributed by atoms with Crippen LogP contribution >= 0.6 is 11.3 Å². The summed E-state index contributed by atoms with van der Waals surface area (Å²) in [4.78, 5) is 32.3. The number of hydrogen-bond donors (Lipinski definition) is 1. The van der Waals surface area contributed by atoms with E-state index in [9.17, 15) is 9.59 Å². The first-order valence-corrected chi connectivity index (χ1v) is 9.22. The number of ketones is 1. The van der Waals surface area contributed by atoms with Crippen LogP contribution < -0.4 is 10.3 Å². The number of Topliss-reactive ketones (excluding diaryl/α,β-unsaturated/α-hetero) is 1. The molecule has 4 rings (SSSR count). The van der Waals surface area contributed by atoms with E-state index < -0.39 is 0 Å². The molecule has 0 radical (unpaired) electrons. The number of aromatic amines is 1. The number of nitrogens with zero attached hydrogens (tertiary/aromatic N) is 1. The molecule has 0 unspecified atom stereocenters. The number of H-pyrrole nitrogens is 1. The van der Waals surface area contributed by atoms with Crippen molar-refractivity contribution < 1.29 is 9.53 Å². The molecule has 6 heteroatoms. The first-order valence-electron chi connectivity index (χ1n) is 8.34. The van der Waals surface area contributed by atoms with Crippen molar-refractivity contribution in [1.29, 1.82) is 0 Å². The summed E-state index contributed by atoms with van der Waals surface area (Å²) in [5, 5.41) is 2.52. The topological polar surface area (TPSA) is 72.0 Å². The summed E-state index contributed by atoms with van der Waals surface area (Å²) >= 11 is 1.43. The molecule has 134 valence electrons. The van der Waals surface area contributed by atoms with E-state index in [-0.39, 0.29) is 11.3 Å². The van der Waals surface area contributed by atoms with Crippen molar-refractivity contribution in [3.05, 3.63) is 69.8 Å². The zero-order valence-electron chi connectivity index (χ0n) is 14.8. The molecule has 0 aliphatic heterocycles. The summed E-state index contributed by atoms with van der Waals surface area (Å²) in [7, 11) is 1.62. The van der Waals surface area contributed by atoms with Crippen LogP contribution in [0.25, 0.3) is 32.7 Å². The SMILES string of the molecule is COc1ccc(-c2csc3nc(-c4ccc(C(C)=O)cc4)[nH]c(=O)c23)cc1. The molecular formula is C21H16N2O3S. The minimum Gasteiger partial charge on any atom is -0.497 e. The van der Waals surface area contributed by atoms with Gasteiger partial charge in [0.05, 0.1) is 12.5 Å². The smallest absolute Gasteiger partial charge is 0.260 e. The molecule has 0 atom stereocenters. The van der Waals surface area contributed by atoms with E-state index in [4.69, 9.17) is 4.74 Å². The number of ether oxygens (including phenoxy) is 1. The van der Waals surface area contributed by atoms with Crippen LogP contribution in [-0.4, -0.2) is 22.9 Å². The van der Waals surface area contributed by atoms with Crippen LogP contribution in [0.5, 0.6) is 5.75 Å². The molecule has 2 aromatic heterocycles. The van der Waals surface area contributed by atoms with Gasteiger partial charge in [0.25, 0.3) is 5.56 Å². The number of carbonyl (C=O) groups is 1. The summed E-state index contributed by atoms with van der Waals surface area (Å²) in [5.74, 6) is 1.26. The Morgan fingerprint density at radius 2 is 1.70 bits per heavy atom. The molecule has 0 saturated heterocycles. The summed E-state index contributed by atoms with van der Waals surface area (Å²) < 4.78 is 5.19. The van der Waals surface area contributed by atoms with Crippen molar-refractivity contribution in [2.75, 3.05) is 7.11 Å². The molecule has 2 heterocycles. The Morgan fingerprint density at radius 3 is 2.33 bits per heavy atom. The number of fused-ring (bicyclic) bond motifs is 1. The monoisotopic (exact) mass is 376 g/mol. The van der Waals surface area contributed by atoms with Gasteiger partial charge in [-0.2, -0.15) is 0 Å². The first kappa shape index (κ1) is 17.2. The van der Waals surface area contributed by atoms with Gasteiger partial charge < -0.3 is 9.72 Å². The van der Waals surface area contributed by atoms with E-state index >= 15 is 0 Å². The van der Waals surface area contributed by atoms with Crippen molar-refractivity contribution in [2.45, 2.75) is 6.92 Å². The van der Waals surface area contributed by atoms with E-state index in [1.165, 1.54) is 18.3 Å².